The molecule has 0 saturated carbocycles. The Labute approximate surface area is 118 Å². The molecule has 2 heteroatoms. The fourth-order valence-corrected chi connectivity index (χ4v) is 2.21. The molecule has 19 heavy (non-hydrogen) atoms. The minimum atomic E-state index is -0.798. The van der Waals surface area contributed by atoms with Crippen LogP contribution in [0.3, 0.4) is 0 Å². The first-order valence-corrected chi connectivity index (χ1v) is 7.43. The second kappa shape index (κ2) is 7.66. The van der Waals surface area contributed by atoms with E-state index in [0.29, 0.717) is 12.6 Å². The first kappa shape index (κ1) is 16.2. The maximum absolute atomic E-state index is 10.5. The molecule has 2 atom stereocenters. The van der Waals surface area contributed by atoms with Crippen molar-refractivity contribution in [3.8, 4) is 0 Å². The average Bonchev–Trinajstić information content (AvgIpc) is 2.37. The first-order chi connectivity index (χ1) is 8.92. The molecule has 1 aromatic carbocycles. The Kier molecular flexibility index (Phi) is 6.53. The van der Waals surface area contributed by atoms with Crippen molar-refractivity contribution in [2.24, 2.45) is 5.92 Å². The molecular formula is C17H29NO. The zero-order valence-corrected chi connectivity index (χ0v) is 12.8. The van der Waals surface area contributed by atoms with Crippen LogP contribution in [0.25, 0.3) is 0 Å². The van der Waals surface area contributed by atoms with Crippen molar-refractivity contribution in [1.29, 1.82) is 0 Å². The van der Waals surface area contributed by atoms with E-state index in [2.05, 4.69) is 26.1 Å². The van der Waals surface area contributed by atoms with Crippen molar-refractivity contribution < 1.29 is 5.11 Å². The molecule has 108 valence electrons. The third kappa shape index (κ3) is 6.22. The molecule has 0 heterocycles. The average molecular weight is 263 g/mol. The standard InChI is InChI=1S/C17H29NO/c1-14(2)9-8-10-15(3)18-13-17(4,19)16-11-6-5-7-12-16/h5-7,11-12,14-15,18-19H,8-10,13H2,1-4H3. The molecule has 0 saturated heterocycles. The van der Waals surface area contributed by atoms with Crippen LogP contribution in [-0.4, -0.2) is 17.7 Å². The number of rotatable bonds is 8. The van der Waals surface area contributed by atoms with Crippen molar-refractivity contribution in [3.63, 3.8) is 0 Å². The molecule has 0 spiro atoms. The van der Waals surface area contributed by atoms with Gasteiger partial charge in [0.1, 0.15) is 0 Å². The molecule has 1 aromatic rings. The molecular weight excluding hydrogens is 234 g/mol. The summed E-state index contributed by atoms with van der Waals surface area (Å²) in [6.45, 7) is 9.19. The Morgan fingerprint density at radius 1 is 1.11 bits per heavy atom. The Bertz CT molecular complexity index is 346. The van der Waals surface area contributed by atoms with Crippen LogP contribution in [-0.2, 0) is 5.60 Å². The Balaban J connectivity index is 2.34. The van der Waals surface area contributed by atoms with Gasteiger partial charge in [0.15, 0.2) is 0 Å². The highest BCUT2D eigenvalue weighted by Crippen LogP contribution is 2.19. The van der Waals surface area contributed by atoms with Gasteiger partial charge in [-0.3, -0.25) is 0 Å². The van der Waals surface area contributed by atoms with Gasteiger partial charge in [-0.2, -0.15) is 0 Å². The van der Waals surface area contributed by atoms with Crippen molar-refractivity contribution in [2.75, 3.05) is 6.54 Å². The normalized spacial score (nSPS) is 16.3. The van der Waals surface area contributed by atoms with E-state index >= 15 is 0 Å². The maximum atomic E-state index is 10.5. The van der Waals surface area contributed by atoms with Gasteiger partial charge in [-0.15, -0.1) is 0 Å². The van der Waals surface area contributed by atoms with E-state index in [9.17, 15) is 5.11 Å². The lowest BCUT2D eigenvalue weighted by atomic mass is 9.95. The molecule has 2 unspecified atom stereocenters. The molecule has 2 N–H and O–H groups in total. The SMILES string of the molecule is CC(C)CCCC(C)NCC(C)(O)c1ccccc1. The third-order valence-corrected chi connectivity index (χ3v) is 3.61. The fraction of sp³-hybridized carbons (Fsp3) is 0.647. The van der Waals surface area contributed by atoms with Crippen molar-refractivity contribution in [3.05, 3.63) is 35.9 Å². The molecule has 0 radical (unpaired) electrons. The molecule has 0 aromatic heterocycles. The summed E-state index contributed by atoms with van der Waals surface area (Å²) in [6, 6.07) is 10.3. The van der Waals surface area contributed by atoms with Crippen LogP contribution in [0, 0.1) is 5.92 Å². The highest BCUT2D eigenvalue weighted by atomic mass is 16.3. The summed E-state index contributed by atoms with van der Waals surface area (Å²) >= 11 is 0. The molecule has 0 aliphatic carbocycles. The summed E-state index contributed by atoms with van der Waals surface area (Å²) in [5.74, 6) is 0.777. The van der Waals surface area contributed by atoms with Gasteiger partial charge in [-0.25, -0.2) is 0 Å². The lowest BCUT2D eigenvalue weighted by Crippen LogP contribution is -2.39. The molecule has 0 bridgehead atoms. The summed E-state index contributed by atoms with van der Waals surface area (Å²) in [7, 11) is 0. The quantitative estimate of drug-likeness (QED) is 0.749. The van der Waals surface area contributed by atoms with Gasteiger partial charge in [0.05, 0.1) is 5.60 Å². The molecule has 2 nitrogen and oxygen atoms in total. The molecule has 1 rings (SSSR count). The monoisotopic (exact) mass is 263 g/mol. The molecule has 0 amide bonds. The van der Waals surface area contributed by atoms with E-state index in [1.807, 2.05) is 37.3 Å². The minimum absolute atomic E-state index is 0.453. The summed E-state index contributed by atoms with van der Waals surface area (Å²) in [6.07, 6.45) is 3.70. The van der Waals surface area contributed by atoms with Gasteiger partial charge in [0.2, 0.25) is 0 Å². The van der Waals surface area contributed by atoms with E-state index in [1.165, 1.54) is 19.3 Å². The largest absolute Gasteiger partial charge is 0.384 e. The van der Waals surface area contributed by atoms with Crippen LogP contribution in [0.15, 0.2) is 30.3 Å². The second-order valence-electron chi connectivity index (χ2n) is 6.25. The Morgan fingerprint density at radius 2 is 1.74 bits per heavy atom. The molecule has 0 aliphatic heterocycles. The number of benzene rings is 1. The van der Waals surface area contributed by atoms with E-state index < -0.39 is 5.60 Å². The Hall–Kier alpha value is -0.860. The van der Waals surface area contributed by atoms with Crippen LogP contribution in [0.4, 0.5) is 0 Å². The van der Waals surface area contributed by atoms with Crippen molar-refractivity contribution in [2.45, 2.75) is 58.6 Å². The summed E-state index contributed by atoms with van der Waals surface area (Å²) < 4.78 is 0. The van der Waals surface area contributed by atoms with Crippen LogP contribution in [0.2, 0.25) is 0 Å². The highest BCUT2D eigenvalue weighted by Gasteiger charge is 2.22. The summed E-state index contributed by atoms with van der Waals surface area (Å²) in [4.78, 5) is 0. The first-order valence-electron chi connectivity index (χ1n) is 7.43. The smallest absolute Gasteiger partial charge is 0.0992 e. The van der Waals surface area contributed by atoms with Gasteiger partial charge in [0.25, 0.3) is 0 Å². The van der Waals surface area contributed by atoms with Crippen molar-refractivity contribution >= 4 is 0 Å². The fourth-order valence-electron chi connectivity index (χ4n) is 2.21. The van der Waals surface area contributed by atoms with E-state index in [-0.39, 0.29) is 0 Å². The van der Waals surface area contributed by atoms with Gasteiger partial charge < -0.3 is 10.4 Å². The van der Waals surface area contributed by atoms with Gasteiger partial charge in [-0.05, 0) is 31.7 Å². The maximum Gasteiger partial charge on any atom is 0.0992 e. The number of hydrogen-bond acceptors (Lipinski definition) is 2. The minimum Gasteiger partial charge on any atom is -0.384 e. The van der Waals surface area contributed by atoms with Gasteiger partial charge in [0, 0.05) is 12.6 Å². The van der Waals surface area contributed by atoms with Crippen molar-refractivity contribution in [1.82, 2.24) is 5.32 Å². The topological polar surface area (TPSA) is 32.3 Å². The zero-order valence-electron chi connectivity index (χ0n) is 12.8. The van der Waals surface area contributed by atoms with Gasteiger partial charge >= 0.3 is 0 Å². The molecule has 0 fully saturated rings. The number of hydrogen-bond donors (Lipinski definition) is 2. The second-order valence-corrected chi connectivity index (χ2v) is 6.25. The zero-order chi connectivity index (χ0) is 14.3. The van der Waals surface area contributed by atoms with E-state index in [4.69, 9.17) is 0 Å². The predicted octanol–water partition coefficient (Wildman–Crippen LogP) is 3.70. The number of nitrogens with one attached hydrogen (secondary N) is 1. The molecule has 0 aliphatic rings. The summed E-state index contributed by atoms with van der Waals surface area (Å²) in [5.41, 5.74) is 0.171. The number of aliphatic hydroxyl groups is 1. The van der Waals surface area contributed by atoms with Crippen LogP contribution < -0.4 is 5.32 Å². The predicted molar refractivity (Wildman–Crippen MR) is 82.2 cm³/mol. The highest BCUT2D eigenvalue weighted by molar-refractivity contribution is 5.21. The van der Waals surface area contributed by atoms with Crippen LogP contribution in [0.5, 0.6) is 0 Å². The Morgan fingerprint density at radius 3 is 2.32 bits per heavy atom. The van der Waals surface area contributed by atoms with Crippen LogP contribution in [0.1, 0.15) is 52.5 Å². The summed E-state index contributed by atoms with van der Waals surface area (Å²) in [5, 5.41) is 13.9. The van der Waals surface area contributed by atoms with Crippen LogP contribution >= 0.6 is 0 Å². The van der Waals surface area contributed by atoms with E-state index in [1.54, 1.807) is 0 Å². The third-order valence-electron chi connectivity index (χ3n) is 3.61. The lowest BCUT2D eigenvalue weighted by Gasteiger charge is -2.26. The lowest BCUT2D eigenvalue weighted by molar-refractivity contribution is 0.0540. The van der Waals surface area contributed by atoms with Gasteiger partial charge in [-0.1, -0.05) is 57.0 Å². The van der Waals surface area contributed by atoms with E-state index in [0.717, 1.165) is 11.5 Å².